The van der Waals surface area contributed by atoms with Gasteiger partial charge in [-0.15, -0.1) is 0 Å². The number of carbonyl (C=O) groups excluding carboxylic acids is 1. The van der Waals surface area contributed by atoms with Crippen molar-refractivity contribution in [3.8, 4) is 0 Å². The van der Waals surface area contributed by atoms with E-state index in [4.69, 9.17) is 9.31 Å². The predicted octanol–water partition coefficient (Wildman–Crippen LogP) is 4.41. The van der Waals surface area contributed by atoms with Crippen LogP contribution in [-0.2, 0) is 23.9 Å². The second-order valence-corrected chi connectivity index (χ2v) is 15.3. The molecule has 212 valence electrons. The van der Waals surface area contributed by atoms with Crippen LogP contribution in [0.3, 0.4) is 0 Å². The third-order valence-electron chi connectivity index (χ3n) is 9.75. The smallest absolute Gasteiger partial charge is 0.404 e. The van der Waals surface area contributed by atoms with Crippen LogP contribution < -0.4 is 5.32 Å². The molecule has 0 radical (unpaired) electrons. The molecule has 2 aromatic carbocycles. The minimum atomic E-state index is -3.84. The topological polar surface area (TPSA) is 102 Å². The lowest BCUT2D eigenvalue weighted by Gasteiger charge is -2.64. The van der Waals surface area contributed by atoms with Crippen molar-refractivity contribution in [3.05, 3.63) is 42.5 Å². The fourth-order valence-electron chi connectivity index (χ4n) is 7.23. The zero-order chi connectivity index (χ0) is 28.3. The first-order valence-electron chi connectivity index (χ1n) is 14.3. The number of rotatable bonds is 9. The molecule has 4 fully saturated rings. The molecule has 0 unspecified atom stereocenters. The van der Waals surface area contributed by atoms with Crippen molar-refractivity contribution in [1.29, 1.82) is 0 Å². The highest BCUT2D eigenvalue weighted by molar-refractivity contribution is 7.91. The van der Waals surface area contributed by atoms with E-state index >= 15 is 0 Å². The molecule has 9 heteroatoms. The first-order valence-corrected chi connectivity index (χ1v) is 15.9. The first-order chi connectivity index (χ1) is 18.2. The Morgan fingerprint density at radius 1 is 1.10 bits per heavy atom. The van der Waals surface area contributed by atoms with E-state index in [1.54, 1.807) is 18.2 Å². The number of hydrogen-bond acceptors (Lipinski definition) is 6. The van der Waals surface area contributed by atoms with E-state index in [9.17, 15) is 18.3 Å². The van der Waals surface area contributed by atoms with Crippen molar-refractivity contribution in [2.24, 2.45) is 29.1 Å². The lowest BCUT2D eigenvalue weighted by atomic mass is 9.43. The number of benzene rings is 2. The standard InChI is InChI=1S/C30H42BNO6S/c1-18(2)13-27(31-37-26-16-22-15-25(29(22,4)5)30(26,6)38-31)32-28(34)24(19(3)33)17-39(35,36)23-12-11-20-9-7-8-10-21(20)14-23/h7-12,14,18-19,22,24-27,33H,13,15-17H2,1-6H3,(H,32,34)/t19-,22-,24+,25-,26-,27+,30+/m1/s1. The third-order valence-corrected chi connectivity index (χ3v) is 11.5. The summed E-state index contributed by atoms with van der Waals surface area (Å²) in [7, 11) is -4.46. The third kappa shape index (κ3) is 5.16. The number of aliphatic hydroxyl groups is 1. The summed E-state index contributed by atoms with van der Waals surface area (Å²) in [5.74, 6) is -1.33. The van der Waals surface area contributed by atoms with Gasteiger partial charge in [0.2, 0.25) is 5.91 Å². The summed E-state index contributed by atoms with van der Waals surface area (Å²) < 4.78 is 39.9. The number of hydrogen-bond donors (Lipinski definition) is 2. The second kappa shape index (κ2) is 10.2. The highest BCUT2D eigenvalue weighted by Crippen LogP contribution is 2.65. The van der Waals surface area contributed by atoms with E-state index in [2.05, 4.69) is 39.9 Å². The maximum atomic E-state index is 13.6. The Kier molecular flexibility index (Phi) is 7.45. The molecule has 1 aliphatic heterocycles. The average molecular weight is 556 g/mol. The number of carbonyl (C=O) groups is 1. The Morgan fingerprint density at radius 2 is 1.79 bits per heavy atom. The normalized spacial score (nSPS) is 29.9. The summed E-state index contributed by atoms with van der Waals surface area (Å²) in [6.07, 6.45) is 1.51. The van der Waals surface area contributed by atoms with Gasteiger partial charge in [-0.05, 0) is 79.2 Å². The predicted molar refractivity (Wildman–Crippen MR) is 153 cm³/mol. The van der Waals surface area contributed by atoms with Gasteiger partial charge >= 0.3 is 7.12 Å². The van der Waals surface area contributed by atoms with Gasteiger partial charge in [0.1, 0.15) is 0 Å². The zero-order valence-electron chi connectivity index (χ0n) is 23.9. The highest BCUT2D eigenvalue weighted by atomic mass is 32.2. The Bertz CT molecular complexity index is 1340. The minimum absolute atomic E-state index is 0.0216. The van der Waals surface area contributed by atoms with Crippen molar-refractivity contribution in [3.63, 3.8) is 0 Å². The maximum Gasteiger partial charge on any atom is 0.481 e. The van der Waals surface area contributed by atoms with E-state index in [0.717, 1.165) is 23.6 Å². The van der Waals surface area contributed by atoms with Crippen LogP contribution in [0.25, 0.3) is 10.8 Å². The number of aliphatic hydroxyl groups excluding tert-OH is 1. The Morgan fingerprint density at radius 3 is 2.44 bits per heavy atom. The Hall–Kier alpha value is -1.94. The van der Waals surface area contributed by atoms with E-state index in [-0.39, 0.29) is 22.3 Å². The van der Waals surface area contributed by atoms with E-state index in [0.29, 0.717) is 18.3 Å². The van der Waals surface area contributed by atoms with Crippen LogP contribution in [0.5, 0.6) is 0 Å². The van der Waals surface area contributed by atoms with E-state index < -0.39 is 52.2 Å². The molecule has 3 saturated carbocycles. The van der Waals surface area contributed by atoms with Crippen LogP contribution >= 0.6 is 0 Å². The Balaban J connectivity index is 1.33. The van der Waals surface area contributed by atoms with Crippen LogP contribution in [0.15, 0.2) is 47.4 Å². The molecular formula is C30H42BNO6S. The van der Waals surface area contributed by atoms with Gasteiger partial charge in [-0.3, -0.25) is 4.79 Å². The highest BCUT2D eigenvalue weighted by Gasteiger charge is 2.68. The molecule has 7 nitrogen and oxygen atoms in total. The first kappa shape index (κ1) is 28.6. The molecule has 3 aliphatic carbocycles. The largest absolute Gasteiger partial charge is 0.481 e. The van der Waals surface area contributed by atoms with Crippen molar-refractivity contribution >= 4 is 33.6 Å². The van der Waals surface area contributed by atoms with Crippen molar-refractivity contribution in [2.75, 3.05) is 5.75 Å². The summed E-state index contributed by atoms with van der Waals surface area (Å²) in [5.41, 5.74) is -0.208. The van der Waals surface area contributed by atoms with Crippen molar-refractivity contribution in [2.45, 2.75) is 89.5 Å². The van der Waals surface area contributed by atoms with Gasteiger partial charge in [-0.2, -0.15) is 0 Å². The zero-order valence-corrected chi connectivity index (χ0v) is 24.7. The number of nitrogens with one attached hydrogen (secondary N) is 1. The summed E-state index contributed by atoms with van der Waals surface area (Å²) in [6.45, 7) is 12.4. The fourth-order valence-corrected chi connectivity index (χ4v) is 8.91. The lowest BCUT2D eigenvalue weighted by molar-refractivity contribution is -0.199. The molecule has 1 amide bonds. The molecule has 1 heterocycles. The van der Waals surface area contributed by atoms with Crippen LogP contribution in [0.2, 0.25) is 0 Å². The molecular weight excluding hydrogens is 513 g/mol. The molecule has 6 rings (SSSR count). The molecule has 4 aliphatic rings. The van der Waals surface area contributed by atoms with Crippen molar-refractivity contribution in [1.82, 2.24) is 5.32 Å². The van der Waals surface area contributed by atoms with Crippen LogP contribution in [-0.4, -0.2) is 56.1 Å². The van der Waals surface area contributed by atoms with E-state index in [1.165, 1.54) is 6.92 Å². The quantitative estimate of drug-likeness (QED) is 0.445. The summed E-state index contributed by atoms with van der Waals surface area (Å²) >= 11 is 0. The Labute approximate surface area is 233 Å². The van der Waals surface area contributed by atoms with Gasteiger partial charge in [-0.25, -0.2) is 8.42 Å². The number of sulfone groups is 1. The molecule has 2 bridgehead atoms. The fraction of sp³-hybridized carbons (Fsp3) is 0.633. The van der Waals surface area contributed by atoms with Gasteiger partial charge in [0.05, 0.1) is 40.3 Å². The summed E-state index contributed by atoms with van der Waals surface area (Å²) in [5, 5.41) is 15.3. The van der Waals surface area contributed by atoms with Crippen LogP contribution in [0, 0.1) is 29.1 Å². The molecule has 0 spiro atoms. The molecule has 1 saturated heterocycles. The molecule has 0 aromatic heterocycles. The van der Waals surface area contributed by atoms with Gasteiger partial charge in [0.15, 0.2) is 9.84 Å². The minimum Gasteiger partial charge on any atom is -0.404 e. The van der Waals surface area contributed by atoms with Crippen LogP contribution in [0.4, 0.5) is 0 Å². The van der Waals surface area contributed by atoms with Crippen LogP contribution in [0.1, 0.15) is 60.8 Å². The van der Waals surface area contributed by atoms with E-state index in [1.807, 2.05) is 24.3 Å². The van der Waals surface area contributed by atoms with Crippen molar-refractivity contribution < 1.29 is 27.6 Å². The number of fused-ring (bicyclic) bond motifs is 1. The second-order valence-electron chi connectivity index (χ2n) is 13.2. The van der Waals surface area contributed by atoms with Gasteiger partial charge in [-0.1, -0.05) is 58.0 Å². The molecule has 2 N–H and O–H groups in total. The van der Waals surface area contributed by atoms with Gasteiger partial charge < -0.3 is 19.7 Å². The van der Waals surface area contributed by atoms with Gasteiger partial charge in [0.25, 0.3) is 0 Å². The number of amides is 1. The lowest BCUT2D eigenvalue weighted by Crippen LogP contribution is -2.65. The van der Waals surface area contributed by atoms with Gasteiger partial charge in [0, 0.05) is 0 Å². The SMILES string of the molecule is CC(C)C[C@H](NC(=O)[C@@H](CS(=O)(=O)c1ccc2ccccc2c1)[C@@H](C)O)B1O[C@@H]2C[C@H]3C[C@H](C3(C)C)[C@]2(C)O1. The summed E-state index contributed by atoms with van der Waals surface area (Å²) in [4.78, 5) is 13.7. The molecule has 7 atom stereocenters. The molecule has 39 heavy (non-hydrogen) atoms. The molecule has 2 aromatic rings. The summed E-state index contributed by atoms with van der Waals surface area (Å²) in [6, 6.07) is 12.5. The average Bonchev–Trinajstić information content (AvgIpc) is 3.23. The monoisotopic (exact) mass is 555 g/mol. The maximum absolute atomic E-state index is 13.6.